The van der Waals surface area contributed by atoms with Crippen molar-refractivity contribution in [1.82, 2.24) is 9.55 Å². The van der Waals surface area contributed by atoms with Gasteiger partial charge in [0.2, 0.25) is 5.01 Å². The van der Waals surface area contributed by atoms with Gasteiger partial charge in [-0.1, -0.05) is 18.2 Å². The van der Waals surface area contributed by atoms with Crippen molar-refractivity contribution >= 4 is 23.2 Å². The summed E-state index contributed by atoms with van der Waals surface area (Å²) >= 11 is 1.21. The highest BCUT2D eigenvalue weighted by Crippen LogP contribution is 2.29. The van der Waals surface area contributed by atoms with Gasteiger partial charge in [-0.2, -0.15) is 0 Å². The second kappa shape index (κ2) is 8.91. The fraction of sp³-hybridized carbons (Fsp3) is 0.286. The van der Waals surface area contributed by atoms with E-state index in [-0.39, 0.29) is 11.6 Å². The van der Waals surface area contributed by atoms with Crippen LogP contribution in [-0.4, -0.2) is 35.1 Å². The topological polar surface area (TPSA) is 96.4 Å². The van der Waals surface area contributed by atoms with Crippen LogP contribution >= 0.6 is 11.3 Å². The first-order chi connectivity index (χ1) is 14.0. The summed E-state index contributed by atoms with van der Waals surface area (Å²) in [6, 6.07) is 9.53. The van der Waals surface area contributed by atoms with E-state index in [1.165, 1.54) is 11.3 Å². The maximum atomic E-state index is 12.0. The average molecular weight is 413 g/mol. The summed E-state index contributed by atoms with van der Waals surface area (Å²) in [6.45, 7) is 4.48. The molecule has 0 aliphatic rings. The van der Waals surface area contributed by atoms with Gasteiger partial charge in [0.05, 0.1) is 30.7 Å². The number of carbonyl (C=O) groups is 2. The van der Waals surface area contributed by atoms with Gasteiger partial charge in [0, 0.05) is 17.6 Å². The van der Waals surface area contributed by atoms with Crippen LogP contribution in [-0.2, 0) is 17.7 Å². The minimum atomic E-state index is -0.499. The van der Waals surface area contributed by atoms with Crippen molar-refractivity contribution in [3.05, 3.63) is 57.5 Å². The van der Waals surface area contributed by atoms with E-state index in [1.807, 2.05) is 35.8 Å². The summed E-state index contributed by atoms with van der Waals surface area (Å²) in [5.41, 5.74) is 9.15. The standard InChI is InChI=1S/C21H23N3O4S/c1-4-28-21(26)20-23-16(12-29-20)17-11-15(19(22)25)13(2)24(17)10-9-14-7-5-6-8-18(14)27-3/h5-8,11-12H,4,9-10H2,1-3H3,(H2,22,25). The number of carbonyl (C=O) groups excluding carboxylic acids is 2. The molecule has 0 unspecified atom stereocenters. The molecule has 152 valence electrons. The lowest BCUT2D eigenvalue weighted by molar-refractivity contribution is 0.0526. The Hall–Kier alpha value is -3.13. The molecule has 1 aromatic carbocycles. The van der Waals surface area contributed by atoms with Gasteiger partial charge in [0.1, 0.15) is 5.75 Å². The number of amides is 1. The number of hydrogen-bond acceptors (Lipinski definition) is 6. The molecule has 2 heterocycles. The number of nitrogens with zero attached hydrogens (tertiary/aromatic N) is 2. The second-order valence-corrected chi connectivity index (χ2v) is 7.22. The molecular weight excluding hydrogens is 390 g/mol. The van der Waals surface area contributed by atoms with Gasteiger partial charge in [-0.25, -0.2) is 9.78 Å². The highest BCUT2D eigenvalue weighted by atomic mass is 32.1. The molecule has 0 bridgehead atoms. The van der Waals surface area contributed by atoms with E-state index in [4.69, 9.17) is 15.2 Å². The minimum Gasteiger partial charge on any atom is -0.496 e. The van der Waals surface area contributed by atoms with Crippen LogP contribution in [0.1, 0.15) is 38.3 Å². The second-order valence-electron chi connectivity index (χ2n) is 6.36. The third-order valence-electron chi connectivity index (χ3n) is 4.65. The lowest BCUT2D eigenvalue weighted by atomic mass is 10.1. The molecule has 2 N–H and O–H groups in total. The van der Waals surface area contributed by atoms with Crippen LogP contribution in [0.15, 0.2) is 35.7 Å². The predicted molar refractivity (Wildman–Crippen MR) is 111 cm³/mol. The van der Waals surface area contributed by atoms with Gasteiger partial charge >= 0.3 is 5.97 Å². The Bertz CT molecular complexity index is 1040. The maximum absolute atomic E-state index is 12.0. The van der Waals surface area contributed by atoms with Gasteiger partial charge < -0.3 is 19.8 Å². The number of thiazole rings is 1. The molecule has 0 fully saturated rings. The summed E-state index contributed by atoms with van der Waals surface area (Å²) in [4.78, 5) is 28.3. The van der Waals surface area contributed by atoms with Crippen LogP contribution in [0.2, 0.25) is 0 Å². The van der Waals surface area contributed by atoms with Crippen molar-refractivity contribution in [2.24, 2.45) is 5.73 Å². The highest BCUT2D eigenvalue weighted by Gasteiger charge is 2.20. The summed E-state index contributed by atoms with van der Waals surface area (Å²) in [7, 11) is 1.64. The van der Waals surface area contributed by atoms with E-state index in [0.717, 1.165) is 22.7 Å². The molecular formula is C21H23N3O4S. The van der Waals surface area contributed by atoms with E-state index in [9.17, 15) is 9.59 Å². The summed E-state index contributed by atoms with van der Waals surface area (Å²) in [5, 5.41) is 2.06. The molecule has 29 heavy (non-hydrogen) atoms. The number of hydrogen-bond donors (Lipinski definition) is 1. The van der Waals surface area contributed by atoms with Crippen LogP contribution < -0.4 is 10.5 Å². The van der Waals surface area contributed by atoms with Crippen molar-refractivity contribution in [2.75, 3.05) is 13.7 Å². The van der Waals surface area contributed by atoms with Crippen LogP contribution in [0, 0.1) is 6.92 Å². The van der Waals surface area contributed by atoms with Crippen molar-refractivity contribution in [1.29, 1.82) is 0 Å². The quantitative estimate of drug-likeness (QED) is 0.571. The number of nitrogens with two attached hydrogens (primary N) is 1. The molecule has 0 spiro atoms. The Labute approximate surface area is 173 Å². The lowest BCUT2D eigenvalue weighted by Crippen LogP contribution is -2.13. The van der Waals surface area contributed by atoms with Gasteiger partial charge in [-0.05, 0) is 38.0 Å². The number of methoxy groups -OCH3 is 1. The van der Waals surface area contributed by atoms with Gasteiger partial charge in [0.25, 0.3) is 5.91 Å². The minimum absolute atomic E-state index is 0.276. The molecule has 0 saturated heterocycles. The van der Waals surface area contributed by atoms with E-state index in [1.54, 1.807) is 25.5 Å². The number of esters is 1. The zero-order valence-electron chi connectivity index (χ0n) is 16.6. The first-order valence-corrected chi connectivity index (χ1v) is 10.1. The number of para-hydroxylation sites is 1. The normalized spacial score (nSPS) is 10.7. The molecule has 0 radical (unpaired) electrons. The SMILES string of the molecule is CCOC(=O)c1nc(-c2cc(C(N)=O)c(C)n2CCc2ccccc2OC)cs1. The first kappa shape index (κ1) is 20.6. The number of primary amides is 1. The molecule has 3 rings (SSSR count). The number of ether oxygens (including phenoxy) is 2. The summed E-state index contributed by atoms with van der Waals surface area (Å²) < 4.78 is 12.4. The van der Waals surface area contributed by atoms with Crippen molar-refractivity contribution in [3.8, 4) is 17.1 Å². The van der Waals surface area contributed by atoms with Gasteiger partial charge in [0.15, 0.2) is 0 Å². The van der Waals surface area contributed by atoms with Crippen molar-refractivity contribution < 1.29 is 19.1 Å². The first-order valence-electron chi connectivity index (χ1n) is 9.21. The highest BCUT2D eigenvalue weighted by molar-refractivity contribution is 7.11. The van der Waals surface area contributed by atoms with Crippen LogP contribution in [0.25, 0.3) is 11.4 Å². The zero-order valence-corrected chi connectivity index (χ0v) is 17.4. The molecule has 2 aromatic heterocycles. The third kappa shape index (κ3) is 4.32. The van der Waals surface area contributed by atoms with E-state index >= 15 is 0 Å². The Morgan fingerprint density at radius 3 is 2.72 bits per heavy atom. The van der Waals surface area contributed by atoms with E-state index < -0.39 is 11.9 Å². The van der Waals surface area contributed by atoms with Gasteiger partial charge in [-0.3, -0.25) is 4.79 Å². The zero-order chi connectivity index (χ0) is 21.0. The van der Waals surface area contributed by atoms with Crippen LogP contribution in [0.3, 0.4) is 0 Å². The fourth-order valence-electron chi connectivity index (χ4n) is 3.21. The molecule has 0 atom stereocenters. The van der Waals surface area contributed by atoms with Crippen LogP contribution in [0.4, 0.5) is 0 Å². The largest absolute Gasteiger partial charge is 0.496 e. The molecule has 0 aliphatic heterocycles. The Morgan fingerprint density at radius 2 is 2.03 bits per heavy atom. The van der Waals surface area contributed by atoms with Gasteiger partial charge in [-0.15, -0.1) is 11.3 Å². The van der Waals surface area contributed by atoms with Crippen molar-refractivity contribution in [2.45, 2.75) is 26.8 Å². The fourth-order valence-corrected chi connectivity index (χ4v) is 3.92. The Balaban J connectivity index is 1.96. The van der Waals surface area contributed by atoms with E-state index in [0.29, 0.717) is 24.2 Å². The summed E-state index contributed by atoms with van der Waals surface area (Å²) in [6.07, 6.45) is 0.694. The Morgan fingerprint density at radius 1 is 1.28 bits per heavy atom. The number of aryl methyl sites for hydroxylation is 1. The molecule has 7 nitrogen and oxygen atoms in total. The van der Waals surface area contributed by atoms with E-state index in [2.05, 4.69) is 4.98 Å². The maximum Gasteiger partial charge on any atom is 0.367 e. The van der Waals surface area contributed by atoms with Crippen LogP contribution in [0.5, 0.6) is 5.75 Å². The number of rotatable bonds is 8. The number of aromatic nitrogens is 2. The van der Waals surface area contributed by atoms with Crippen molar-refractivity contribution in [3.63, 3.8) is 0 Å². The Kier molecular flexibility index (Phi) is 6.33. The molecule has 0 aliphatic carbocycles. The molecule has 8 heteroatoms. The smallest absolute Gasteiger partial charge is 0.367 e. The molecule has 0 saturated carbocycles. The lowest BCUT2D eigenvalue weighted by Gasteiger charge is -2.13. The summed E-state index contributed by atoms with van der Waals surface area (Å²) in [5.74, 6) is -0.143. The predicted octanol–water partition coefficient (Wildman–Crippen LogP) is 3.45. The average Bonchev–Trinajstić information content (AvgIpc) is 3.31. The molecule has 1 amide bonds. The number of benzene rings is 1. The third-order valence-corrected chi connectivity index (χ3v) is 5.47. The monoisotopic (exact) mass is 413 g/mol. The molecule has 3 aromatic rings.